The minimum absolute atomic E-state index is 0.0425. The summed E-state index contributed by atoms with van der Waals surface area (Å²) in [5.74, 6) is 1.93. The average molecular weight is 475 g/mol. The van der Waals surface area contributed by atoms with E-state index in [1.165, 1.54) is 7.11 Å². The van der Waals surface area contributed by atoms with E-state index in [2.05, 4.69) is 26.3 Å². The molecule has 0 saturated carbocycles. The van der Waals surface area contributed by atoms with E-state index in [4.69, 9.17) is 9.47 Å². The second-order valence-corrected chi connectivity index (χ2v) is 8.92. The topological polar surface area (TPSA) is 104 Å². The molecule has 1 saturated heterocycles. The summed E-state index contributed by atoms with van der Waals surface area (Å²) < 4.78 is 11.3. The van der Waals surface area contributed by atoms with Gasteiger partial charge in [0.2, 0.25) is 0 Å². The third-order valence-electron chi connectivity index (χ3n) is 6.22. The minimum Gasteiger partial charge on any atom is -0.493 e. The van der Waals surface area contributed by atoms with E-state index in [1.807, 2.05) is 46.0 Å². The van der Waals surface area contributed by atoms with E-state index >= 15 is 0 Å². The van der Waals surface area contributed by atoms with Crippen LogP contribution in [-0.2, 0) is 0 Å². The first-order valence-electron chi connectivity index (χ1n) is 11.6. The normalized spacial score (nSPS) is 17.0. The lowest BCUT2D eigenvalue weighted by Crippen LogP contribution is -2.53. The molecule has 0 bridgehead atoms. The Balaban J connectivity index is 1.67. The van der Waals surface area contributed by atoms with Crippen LogP contribution in [0.1, 0.15) is 36.8 Å². The van der Waals surface area contributed by atoms with Crippen LogP contribution < -0.4 is 14.8 Å². The Morgan fingerprint density at radius 2 is 2.03 bits per heavy atom. The number of benzene rings is 2. The van der Waals surface area contributed by atoms with Gasteiger partial charge in [-0.15, -0.1) is 0 Å². The molecule has 1 aliphatic rings. The lowest BCUT2D eigenvalue weighted by atomic mass is 10.1. The van der Waals surface area contributed by atoms with Gasteiger partial charge in [0.25, 0.3) is 0 Å². The summed E-state index contributed by atoms with van der Waals surface area (Å²) in [7, 11) is 3.58. The van der Waals surface area contributed by atoms with Crippen molar-refractivity contribution in [3.63, 3.8) is 0 Å². The van der Waals surface area contributed by atoms with Gasteiger partial charge in [-0.25, -0.2) is 14.8 Å². The highest BCUT2D eigenvalue weighted by molar-refractivity contribution is 5.92. The summed E-state index contributed by atoms with van der Waals surface area (Å²) in [6.07, 6.45) is -0.410. The van der Waals surface area contributed by atoms with Crippen molar-refractivity contribution in [1.29, 1.82) is 5.26 Å². The van der Waals surface area contributed by atoms with Crippen molar-refractivity contribution in [3.05, 3.63) is 53.3 Å². The summed E-state index contributed by atoms with van der Waals surface area (Å²) in [6.45, 7) is 8.01. The zero-order valence-corrected chi connectivity index (χ0v) is 20.7. The highest BCUT2D eigenvalue weighted by Crippen LogP contribution is 2.36. The van der Waals surface area contributed by atoms with Crippen LogP contribution in [-0.4, -0.2) is 65.7 Å². The number of nitriles is 1. The third-order valence-corrected chi connectivity index (χ3v) is 6.22. The van der Waals surface area contributed by atoms with E-state index in [0.717, 1.165) is 18.7 Å². The molecule has 9 heteroatoms. The first kappa shape index (κ1) is 24.2. The number of hydrogen-bond acceptors (Lipinski definition) is 8. The smallest absolute Gasteiger partial charge is 0.415 e. The van der Waals surface area contributed by atoms with E-state index in [0.29, 0.717) is 46.2 Å². The van der Waals surface area contributed by atoms with Crippen LogP contribution in [0.15, 0.2) is 36.4 Å². The maximum absolute atomic E-state index is 13.0. The number of hydrogen-bond donors (Lipinski definition) is 1. The first-order valence-corrected chi connectivity index (χ1v) is 11.6. The number of piperazine rings is 1. The van der Waals surface area contributed by atoms with Crippen LogP contribution in [0.3, 0.4) is 0 Å². The van der Waals surface area contributed by atoms with E-state index < -0.39 is 6.09 Å². The molecule has 182 valence electrons. The molecule has 0 aliphatic carbocycles. The Morgan fingerprint density at radius 3 is 2.74 bits per heavy atom. The van der Waals surface area contributed by atoms with E-state index in [-0.39, 0.29) is 12.1 Å². The zero-order valence-electron chi connectivity index (χ0n) is 20.7. The van der Waals surface area contributed by atoms with Gasteiger partial charge in [0.1, 0.15) is 11.6 Å². The number of carbonyl (C=O) groups excluding carboxylic acids is 1. The largest absolute Gasteiger partial charge is 0.493 e. The van der Waals surface area contributed by atoms with Crippen molar-refractivity contribution < 1.29 is 14.3 Å². The Kier molecular flexibility index (Phi) is 7.03. The standard InChI is InChI=1S/C26H30N6O3/c1-16-15-31(4)9-10-32(16)26(33)35-24-12-21-22(13-23(24)34-5)29-18(3)30-25(21)28-17(2)20-8-6-7-19(11-20)14-27/h6-8,11-13,16-17H,9-10,15H2,1-5H3,(H,28,29,30)/t16-,17+/m0/s1. The fourth-order valence-corrected chi connectivity index (χ4v) is 4.33. The molecule has 0 radical (unpaired) electrons. The van der Waals surface area contributed by atoms with Crippen LogP contribution in [0.2, 0.25) is 0 Å². The predicted molar refractivity (Wildman–Crippen MR) is 134 cm³/mol. The minimum atomic E-state index is -0.410. The number of amides is 1. The van der Waals surface area contributed by atoms with Crippen molar-refractivity contribution in [2.75, 3.05) is 39.1 Å². The molecule has 1 aliphatic heterocycles. The summed E-state index contributed by atoms with van der Waals surface area (Å²) >= 11 is 0. The van der Waals surface area contributed by atoms with Gasteiger partial charge < -0.3 is 24.6 Å². The Morgan fingerprint density at radius 1 is 1.23 bits per heavy atom. The van der Waals surface area contributed by atoms with Gasteiger partial charge in [-0.05, 0) is 51.6 Å². The number of ether oxygens (including phenoxy) is 2. The quantitative estimate of drug-likeness (QED) is 0.589. The van der Waals surface area contributed by atoms with Gasteiger partial charge in [-0.2, -0.15) is 5.26 Å². The number of carbonyl (C=O) groups is 1. The first-order chi connectivity index (χ1) is 16.8. The molecule has 3 aromatic rings. The summed E-state index contributed by atoms with van der Waals surface area (Å²) in [4.78, 5) is 26.1. The van der Waals surface area contributed by atoms with Crippen molar-refractivity contribution in [3.8, 4) is 17.6 Å². The summed E-state index contributed by atoms with van der Waals surface area (Å²) in [5.41, 5.74) is 2.22. The van der Waals surface area contributed by atoms with Gasteiger partial charge in [0.05, 0.1) is 30.3 Å². The van der Waals surface area contributed by atoms with E-state index in [1.54, 1.807) is 23.1 Å². The maximum atomic E-state index is 13.0. The number of aromatic nitrogens is 2. The fourth-order valence-electron chi connectivity index (χ4n) is 4.33. The van der Waals surface area contributed by atoms with E-state index in [9.17, 15) is 10.1 Å². The number of nitrogens with zero attached hydrogens (tertiary/aromatic N) is 5. The number of likely N-dealkylation sites (N-methyl/N-ethyl adjacent to an activating group) is 1. The molecule has 4 rings (SSSR count). The number of fused-ring (bicyclic) bond motifs is 1. The van der Waals surface area contributed by atoms with Crippen LogP contribution in [0.4, 0.5) is 10.6 Å². The highest BCUT2D eigenvalue weighted by Gasteiger charge is 2.28. The summed E-state index contributed by atoms with van der Waals surface area (Å²) in [5, 5.41) is 13.4. The molecule has 2 atom stereocenters. The van der Waals surface area contributed by atoms with Crippen LogP contribution in [0.5, 0.6) is 11.5 Å². The van der Waals surface area contributed by atoms with Gasteiger partial charge in [0, 0.05) is 37.1 Å². The Bertz CT molecular complexity index is 1290. The molecule has 1 N–H and O–H groups in total. The second kappa shape index (κ2) is 10.2. The molecule has 1 fully saturated rings. The summed E-state index contributed by atoms with van der Waals surface area (Å²) in [6, 6.07) is 13.0. The molecule has 1 amide bonds. The lowest BCUT2D eigenvalue weighted by molar-refractivity contribution is 0.0886. The number of anilines is 1. The van der Waals surface area contributed by atoms with Crippen LogP contribution >= 0.6 is 0 Å². The Labute approximate surface area is 205 Å². The molecular weight excluding hydrogens is 444 g/mol. The molecule has 2 aromatic carbocycles. The number of aryl methyl sites for hydroxylation is 1. The number of rotatable bonds is 5. The number of methoxy groups -OCH3 is 1. The SMILES string of the molecule is COc1cc2nc(C)nc(N[C@H](C)c3cccc(C#N)c3)c2cc1OC(=O)N1CCN(C)C[C@@H]1C. The van der Waals surface area contributed by atoms with Gasteiger partial charge >= 0.3 is 6.09 Å². The second-order valence-electron chi connectivity index (χ2n) is 8.92. The number of nitrogens with one attached hydrogen (secondary N) is 1. The fraction of sp³-hybridized carbons (Fsp3) is 0.385. The highest BCUT2D eigenvalue weighted by atomic mass is 16.6. The zero-order chi connectivity index (χ0) is 25.1. The van der Waals surface area contributed by atoms with Gasteiger partial charge in [-0.3, -0.25) is 0 Å². The van der Waals surface area contributed by atoms with Gasteiger partial charge in [0.15, 0.2) is 11.5 Å². The molecule has 9 nitrogen and oxygen atoms in total. The van der Waals surface area contributed by atoms with Crippen molar-refractivity contribution in [1.82, 2.24) is 19.8 Å². The maximum Gasteiger partial charge on any atom is 0.415 e. The molecule has 0 spiro atoms. The Hall–Kier alpha value is -3.90. The van der Waals surface area contributed by atoms with Crippen molar-refractivity contribution in [2.45, 2.75) is 32.9 Å². The molecular formula is C26H30N6O3. The van der Waals surface area contributed by atoms with Crippen LogP contribution in [0.25, 0.3) is 10.9 Å². The molecule has 1 aromatic heterocycles. The lowest BCUT2D eigenvalue weighted by Gasteiger charge is -2.37. The third kappa shape index (κ3) is 5.28. The molecule has 0 unspecified atom stereocenters. The monoisotopic (exact) mass is 474 g/mol. The predicted octanol–water partition coefficient (Wildman–Crippen LogP) is 4.13. The van der Waals surface area contributed by atoms with Gasteiger partial charge in [-0.1, -0.05) is 12.1 Å². The van der Waals surface area contributed by atoms with Crippen LogP contribution in [0, 0.1) is 18.3 Å². The average Bonchev–Trinajstić information content (AvgIpc) is 2.83. The van der Waals surface area contributed by atoms with Crippen molar-refractivity contribution >= 4 is 22.8 Å². The molecule has 2 heterocycles. The van der Waals surface area contributed by atoms with Crippen molar-refractivity contribution in [2.24, 2.45) is 0 Å². The molecule has 35 heavy (non-hydrogen) atoms.